The van der Waals surface area contributed by atoms with Gasteiger partial charge in [0.15, 0.2) is 0 Å². The highest BCUT2D eigenvalue weighted by molar-refractivity contribution is 5.95. The molecule has 1 aromatic heterocycles. The van der Waals surface area contributed by atoms with E-state index in [1.807, 2.05) is 54.3 Å². The smallest absolute Gasteiger partial charge is 0.254 e. The Morgan fingerprint density at radius 3 is 2.32 bits per heavy atom. The Bertz CT molecular complexity index is 1170. The summed E-state index contributed by atoms with van der Waals surface area (Å²) >= 11 is 0. The van der Waals surface area contributed by atoms with Gasteiger partial charge >= 0.3 is 0 Å². The lowest BCUT2D eigenvalue weighted by molar-refractivity contribution is -0.123. The van der Waals surface area contributed by atoms with E-state index in [2.05, 4.69) is 27.0 Å². The second-order valence-electron chi connectivity index (χ2n) is 9.12. The summed E-state index contributed by atoms with van der Waals surface area (Å²) in [4.78, 5) is 38.7. The second kappa shape index (κ2) is 9.75. The number of anilines is 1. The third kappa shape index (κ3) is 4.45. The third-order valence-corrected chi connectivity index (χ3v) is 7.10. The van der Waals surface area contributed by atoms with Gasteiger partial charge in [0, 0.05) is 49.5 Å². The number of piperidine rings is 1. The quantitative estimate of drug-likeness (QED) is 0.566. The van der Waals surface area contributed by atoms with E-state index in [1.54, 1.807) is 6.33 Å². The number of hydrogen-bond donors (Lipinski definition) is 0. The third-order valence-electron chi connectivity index (χ3n) is 7.10. The van der Waals surface area contributed by atoms with E-state index in [9.17, 15) is 9.59 Å². The zero-order chi connectivity index (χ0) is 23.5. The number of carbonyl (C=O) groups excluding carboxylic acids is 2. The zero-order valence-corrected chi connectivity index (χ0v) is 19.6. The van der Waals surface area contributed by atoms with E-state index >= 15 is 0 Å². The van der Waals surface area contributed by atoms with Crippen molar-refractivity contribution in [1.82, 2.24) is 14.9 Å². The molecular weight excluding hydrogens is 424 g/mol. The first-order valence-electron chi connectivity index (χ1n) is 12.2. The molecule has 1 fully saturated rings. The van der Waals surface area contributed by atoms with E-state index in [-0.39, 0.29) is 11.8 Å². The summed E-state index contributed by atoms with van der Waals surface area (Å²) in [7, 11) is 0. The minimum Gasteiger partial charge on any atom is -0.356 e. The fourth-order valence-corrected chi connectivity index (χ4v) is 5.09. The van der Waals surface area contributed by atoms with Crippen LogP contribution < -0.4 is 4.90 Å². The SMILES string of the molecule is CCC(=O)C1CCN(c2ncnc3c2CN(C(=O)c2ccc(-c4ccccc4)cc2)CC3)CC1. The zero-order valence-electron chi connectivity index (χ0n) is 19.6. The summed E-state index contributed by atoms with van der Waals surface area (Å²) in [5.74, 6) is 1.48. The van der Waals surface area contributed by atoms with Crippen LogP contribution in [0.4, 0.5) is 5.82 Å². The first-order valence-corrected chi connectivity index (χ1v) is 12.2. The Morgan fingerprint density at radius 2 is 1.62 bits per heavy atom. The summed E-state index contributed by atoms with van der Waals surface area (Å²) in [6.07, 6.45) is 4.70. The van der Waals surface area contributed by atoms with Crippen molar-refractivity contribution in [1.29, 1.82) is 0 Å². The van der Waals surface area contributed by atoms with Gasteiger partial charge in [0.05, 0.1) is 12.2 Å². The summed E-state index contributed by atoms with van der Waals surface area (Å²) in [6.45, 7) is 4.73. The maximum absolute atomic E-state index is 13.3. The van der Waals surface area contributed by atoms with Crippen molar-refractivity contribution in [3.05, 3.63) is 77.7 Å². The molecule has 1 amide bonds. The van der Waals surface area contributed by atoms with E-state index in [0.717, 1.165) is 60.6 Å². The van der Waals surface area contributed by atoms with Crippen LogP contribution in [-0.4, -0.2) is 46.2 Å². The van der Waals surface area contributed by atoms with Crippen LogP contribution in [0.2, 0.25) is 0 Å². The molecule has 0 atom stereocenters. The molecule has 0 radical (unpaired) electrons. The van der Waals surface area contributed by atoms with Crippen molar-refractivity contribution in [2.24, 2.45) is 5.92 Å². The van der Waals surface area contributed by atoms with Gasteiger partial charge in [-0.05, 0) is 36.1 Å². The van der Waals surface area contributed by atoms with Crippen LogP contribution in [-0.2, 0) is 17.8 Å². The van der Waals surface area contributed by atoms with E-state index < -0.39 is 0 Å². The number of hydrogen-bond acceptors (Lipinski definition) is 5. The highest BCUT2D eigenvalue weighted by atomic mass is 16.2. The molecule has 0 saturated carbocycles. The number of amides is 1. The summed E-state index contributed by atoms with van der Waals surface area (Å²) in [5, 5.41) is 0. The molecule has 0 aliphatic carbocycles. The molecular formula is C28H30N4O2. The molecule has 2 aromatic carbocycles. The highest BCUT2D eigenvalue weighted by Gasteiger charge is 2.30. The highest BCUT2D eigenvalue weighted by Crippen LogP contribution is 2.30. The van der Waals surface area contributed by atoms with Gasteiger partial charge in [-0.3, -0.25) is 9.59 Å². The molecule has 0 spiro atoms. The number of carbonyl (C=O) groups is 2. The predicted molar refractivity (Wildman–Crippen MR) is 133 cm³/mol. The van der Waals surface area contributed by atoms with Crippen molar-refractivity contribution in [2.75, 3.05) is 24.5 Å². The number of nitrogens with zero attached hydrogens (tertiary/aromatic N) is 4. The summed E-state index contributed by atoms with van der Waals surface area (Å²) in [6, 6.07) is 18.0. The predicted octanol–water partition coefficient (Wildman–Crippen LogP) is 4.54. The number of benzene rings is 2. The largest absolute Gasteiger partial charge is 0.356 e. The van der Waals surface area contributed by atoms with Gasteiger partial charge in [-0.25, -0.2) is 9.97 Å². The Morgan fingerprint density at radius 1 is 0.912 bits per heavy atom. The molecule has 2 aliphatic rings. The molecule has 34 heavy (non-hydrogen) atoms. The maximum atomic E-state index is 13.3. The number of rotatable bonds is 5. The molecule has 6 nitrogen and oxygen atoms in total. The second-order valence-corrected chi connectivity index (χ2v) is 9.12. The lowest BCUT2D eigenvalue weighted by Gasteiger charge is -2.36. The first kappa shape index (κ1) is 22.3. The maximum Gasteiger partial charge on any atom is 0.254 e. The normalized spacial score (nSPS) is 16.3. The van der Waals surface area contributed by atoms with Gasteiger partial charge in [-0.1, -0.05) is 49.4 Å². The van der Waals surface area contributed by atoms with Crippen LogP contribution in [0.15, 0.2) is 60.9 Å². The molecule has 1 saturated heterocycles. The monoisotopic (exact) mass is 454 g/mol. The standard InChI is InChI=1S/C28H30N4O2/c1-2-26(33)22-12-15-31(16-13-22)27-24-18-32(17-14-25(24)29-19-30-27)28(34)23-10-8-21(9-11-23)20-6-4-3-5-7-20/h3-11,19,22H,2,12-18H2,1H3. The number of ketones is 1. The van der Waals surface area contributed by atoms with Crippen LogP contribution in [0.3, 0.4) is 0 Å². The van der Waals surface area contributed by atoms with Gasteiger partial charge in [-0.15, -0.1) is 0 Å². The topological polar surface area (TPSA) is 66.4 Å². The Kier molecular flexibility index (Phi) is 6.39. The fourth-order valence-electron chi connectivity index (χ4n) is 5.09. The van der Waals surface area contributed by atoms with Gasteiger partial charge in [0.25, 0.3) is 5.91 Å². The van der Waals surface area contributed by atoms with E-state index in [0.29, 0.717) is 30.9 Å². The number of aromatic nitrogens is 2. The van der Waals surface area contributed by atoms with Crippen molar-refractivity contribution in [3.8, 4) is 11.1 Å². The molecule has 6 heteroatoms. The van der Waals surface area contributed by atoms with Crippen LogP contribution in [0, 0.1) is 5.92 Å². The van der Waals surface area contributed by atoms with Crippen molar-refractivity contribution < 1.29 is 9.59 Å². The molecule has 0 unspecified atom stereocenters. The van der Waals surface area contributed by atoms with E-state index in [4.69, 9.17) is 0 Å². The minimum absolute atomic E-state index is 0.0346. The summed E-state index contributed by atoms with van der Waals surface area (Å²) < 4.78 is 0. The first-order chi connectivity index (χ1) is 16.6. The van der Waals surface area contributed by atoms with Gasteiger partial charge in [0.1, 0.15) is 17.9 Å². The Hall–Kier alpha value is -3.54. The summed E-state index contributed by atoms with van der Waals surface area (Å²) in [5.41, 5.74) is 5.00. The molecule has 2 aliphatic heterocycles. The van der Waals surface area contributed by atoms with E-state index in [1.165, 1.54) is 0 Å². The van der Waals surface area contributed by atoms with Crippen LogP contribution >= 0.6 is 0 Å². The van der Waals surface area contributed by atoms with Crippen LogP contribution in [0.25, 0.3) is 11.1 Å². The lowest BCUT2D eigenvalue weighted by Crippen LogP contribution is -2.40. The number of fused-ring (bicyclic) bond motifs is 1. The average Bonchev–Trinajstić information content (AvgIpc) is 2.92. The average molecular weight is 455 g/mol. The van der Waals surface area contributed by atoms with Crippen LogP contribution in [0.5, 0.6) is 0 Å². The van der Waals surface area contributed by atoms with Crippen molar-refractivity contribution in [3.63, 3.8) is 0 Å². The van der Waals surface area contributed by atoms with Gasteiger partial charge in [0.2, 0.25) is 0 Å². The van der Waals surface area contributed by atoms with Gasteiger partial charge < -0.3 is 9.80 Å². The molecule has 0 N–H and O–H groups in total. The molecule has 5 rings (SSSR count). The minimum atomic E-state index is 0.0346. The number of Topliss-reactive ketones (excluding diaryl/α,β-unsaturated/α-hetero) is 1. The Labute approximate surface area is 200 Å². The van der Waals surface area contributed by atoms with Crippen LogP contribution in [0.1, 0.15) is 47.8 Å². The molecule has 174 valence electrons. The molecule has 3 heterocycles. The lowest BCUT2D eigenvalue weighted by atomic mass is 9.91. The Balaban J connectivity index is 1.31. The van der Waals surface area contributed by atoms with Gasteiger partial charge in [-0.2, -0.15) is 0 Å². The molecule has 0 bridgehead atoms. The van der Waals surface area contributed by atoms with Crippen molar-refractivity contribution in [2.45, 2.75) is 39.2 Å². The molecule has 3 aromatic rings. The van der Waals surface area contributed by atoms with Crippen molar-refractivity contribution >= 4 is 17.5 Å². The fraction of sp³-hybridized carbons (Fsp3) is 0.357.